The molecule has 0 saturated heterocycles. The van der Waals surface area contributed by atoms with Crippen molar-refractivity contribution in [3.05, 3.63) is 40.7 Å². The van der Waals surface area contributed by atoms with Gasteiger partial charge in [-0.05, 0) is 24.3 Å². The maximum absolute atomic E-state index is 5.95. The van der Waals surface area contributed by atoms with Gasteiger partial charge in [0.05, 0.1) is 27.4 Å². The Bertz CT molecular complexity index is 711. The van der Waals surface area contributed by atoms with E-state index in [9.17, 15) is 0 Å². The van der Waals surface area contributed by atoms with E-state index in [1.807, 2.05) is 36.4 Å². The highest BCUT2D eigenvalue weighted by Gasteiger charge is 2.13. The van der Waals surface area contributed by atoms with Gasteiger partial charge in [0.25, 0.3) is 0 Å². The molecule has 3 aromatic rings. The fourth-order valence-electron chi connectivity index (χ4n) is 1.73. The maximum atomic E-state index is 5.95. The van der Waals surface area contributed by atoms with Gasteiger partial charge in [-0.25, -0.2) is 9.97 Å². The van der Waals surface area contributed by atoms with E-state index >= 15 is 0 Å². The maximum Gasteiger partial charge on any atom is 0.241 e. The molecule has 90 valence electrons. The Morgan fingerprint density at radius 3 is 2.39 bits per heavy atom. The van der Waals surface area contributed by atoms with E-state index in [0.717, 1.165) is 25.9 Å². The van der Waals surface area contributed by atoms with E-state index in [1.165, 1.54) is 11.3 Å². The molecule has 0 radical (unpaired) electrons. The summed E-state index contributed by atoms with van der Waals surface area (Å²) in [6.45, 7) is 0. The Morgan fingerprint density at radius 1 is 1.06 bits per heavy atom. The number of rotatable bonds is 2. The summed E-state index contributed by atoms with van der Waals surface area (Å²) in [6.07, 6.45) is 0. The molecule has 0 unspecified atom stereocenters. The van der Waals surface area contributed by atoms with Crippen molar-refractivity contribution >= 4 is 34.0 Å². The lowest BCUT2D eigenvalue weighted by atomic mass is 10.2. The van der Waals surface area contributed by atoms with Crippen LogP contribution in [0.1, 0.15) is 0 Å². The summed E-state index contributed by atoms with van der Waals surface area (Å²) in [5.41, 5.74) is 2.40. The van der Waals surface area contributed by atoms with Crippen LogP contribution in [0.25, 0.3) is 21.6 Å². The highest BCUT2D eigenvalue weighted by Crippen LogP contribution is 2.35. The summed E-state index contributed by atoms with van der Waals surface area (Å²) >= 11 is 7.42. The quantitative estimate of drug-likeness (QED) is 0.709. The van der Waals surface area contributed by atoms with Crippen LogP contribution < -0.4 is 4.74 Å². The minimum atomic E-state index is 0.521. The van der Waals surface area contributed by atoms with Crippen molar-refractivity contribution in [3.8, 4) is 16.5 Å². The molecule has 0 spiro atoms. The molecule has 0 saturated carbocycles. The van der Waals surface area contributed by atoms with Gasteiger partial charge >= 0.3 is 0 Å². The molecule has 2 heterocycles. The zero-order valence-electron chi connectivity index (χ0n) is 9.55. The van der Waals surface area contributed by atoms with Gasteiger partial charge in [-0.3, -0.25) is 0 Å². The smallest absolute Gasteiger partial charge is 0.241 e. The molecule has 0 N–H and O–H groups in total. The standard InChI is InChI=1S/C13H9ClN2OS/c1-17-13-12(10-6-7-11(14)18-10)15-8-4-2-3-5-9(8)16-13/h2-7H,1H3. The van der Waals surface area contributed by atoms with Gasteiger partial charge in [0, 0.05) is 0 Å². The highest BCUT2D eigenvalue weighted by atomic mass is 35.5. The molecule has 0 aliphatic rings. The molecule has 0 aliphatic carbocycles. The number of hydrogen-bond donors (Lipinski definition) is 0. The zero-order chi connectivity index (χ0) is 12.5. The lowest BCUT2D eigenvalue weighted by Crippen LogP contribution is -1.95. The lowest BCUT2D eigenvalue weighted by molar-refractivity contribution is 0.400. The number of fused-ring (bicyclic) bond motifs is 1. The SMILES string of the molecule is COc1nc2ccccc2nc1-c1ccc(Cl)s1. The van der Waals surface area contributed by atoms with Crippen LogP contribution in [0.3, 0.4) is 0 Å². The van der Waals surface area contributed by atoms with Crippen LogP contribution in [0.4, 0.5) is 0 Å². The van der Waals surface area contributed by atoms with Crippen molar-refractivity contribution in [1.82, 2.24) is 9.97 Å². The Labute approximate surface area is 113 Å². The number of hydrogen-bond acceptors (Lipinski definition) is 4. The lowest BCUT2D eigenvalue weighted by Gasteiger charge is -2.06. The van der Waals surface area contributed by atoms with E-state index in [4.69, 9.17) is 16.3 Å². The fourth-order valence-corrected chi connectivity index (χ4v) is 2.75. The second-order valence-corrected chi connectivity index (χ2v) is 5.39. The second-order valence-electron chi connectivity index (χ2n) is 3.67. The molecule has 5 heteroatoms. The van der Waals surface area contributed by atoms with Crippen molar-refractivity contribution in [2.45, 2.75) is 0 Å². The highest BCUT2D eigenvalue weighted by molar-refractivity contribution is 7.19. The molecule has 0 fully saturated rings. The molecule has 0 atom stereocenters. The molecular formula is C13H9ClN2OS. The number of ether oxygens (including phenoxy) is 1. The van der Waals surface area contributed by atoms with Crippen LogP contribution >= 0.6 is 22.9 Å². The largest absolute Gasteiger partial charge is 0.479 e. The molecule has 0 bridgehead atoms. The molecule has 0 amide bonds. The van der Waals surface area contributed by atoms with Gasteiger partial charge < -0.3 is 4.74 Å². The first kappa shape index (κ1) is 11.4. The van der Waals surface area contributed by atoms with Crippen LogP contribution in [0.5, 0.6) is 5.88 Å². The molecule has 0 aliphatic heterocycles. The summed E-state index contributed by atoms with van der Waals surface area (Å²) in [4.78, 5) is 10.0. The number of methoxy groups -OCH3 is 1. The predicted molar refractivity (Wildman–Crippen MR) is 74.4 cm³/mol. The Hall–Kier alpha value is -1.65. The van der Waals surface area contributed by atoms with E-state index in [-0.39, 0.29) is 0 Å². The van der Waals surface area contributed by atoms with E-state index < -0.39 is 0 Å². The van der Waals surface area contributed by atoms with Crippen LogP contribution in [0, 0.1) is 0 Å². The van der Waals surface area contributed by atoms with E-state index in [0.29, 0.717) is 5.88 Å². The summed E-state index contributed by atoms with van der Waals surface area (Å²) in [5.74, 6) is 0.521. The molecule has 2 aromatic heterocycles. The van der Waals surface area contributed by atoms with Gasteiger partial charge in [-0.2, -0.15) is 0 Å². The molecule has 3 rings (SSSR count). The number of benzene rings is 1. The monoisotopic (exact) mass is 276 g/mol. The first-order chi connectivity index (χ1) is 8.78. The van der Waals surface area contributed by atoms with E-state index in [1.54, 1.807) is 7.11 Å². The van der Waals surface area contributed by atoms with Crippen LogP contribution in [0.2, 0.25) is 4.34 Å². The first-order valence-electron chi connectivity index (χ1n) is 5.34. The van der Waals surface area contributed by atoms with Crippen LogP contribution in [-0.2, 0) is 0 Å². The fraction of sp³-hybridized carbons (Fsp3) is 0.0769. The Morgan fingerprint density at radius 2 is 1.78 bits per heavy atom. The average molecular weight is 277 g/mol. The van der Waals surface area contributed by atoms with Gasteiger partial charge in [0.15, 0.2) is 0 Å². The second kappa shape index (κ2) is 4.55. The van der Waals surface area contributed by atoms with E-state index in [2.05, 4.69) is 9.97 Å². The van der Waals surface area contributed by atoms with Crippen molar-refractivity contribution in [2.75, 3.05) is 7.11 Å². The summed E-state index contributed by atoms with van der Waals surface area (Å²) < 4.78 is 6.03. The minimum Gasteiger partial charge on any atom is -0.479 e. The third-order valence-electron chi connectivity index (χ3n) is 2.54. The minimum absolute atomic E-state index is 0.521. The number of aromatic nitrogens is 2. The molecular weight excluding hydrogens is 268 g/mol. The topological polar surface area (TPSA) is 35.0 Å². The summed E-state index contributed by atoms with van der Waals surface area (Å²) in [5, 5.41) is 0. The van der Waals surface area contributed by atoms with Crippen molar-refractivity contribution in [2.24, 2.45) is 0 Å². The number of nitrogens with zero attached hydrogens (tertiary/aromatic N) is 2. The van der Waals surface area contributed by atoms with Crippen LogP contribution in [-0.4, -0.2) is 17.1 Å². The van der Waals surface area contributed by atoms with Gasteiger partial charge in [0.1, 0.15) is 5.69 Å². The molecule has 1 aromatic carbocycles. The number of halogens is 1. The van der Waals surface area contributed by atoms with Crippen molar-refractivity contribution < 1.29 is 4.74 Å². The third kappa shape index (κ3) is 1.94. The van der Waals surface area contributed by atoms with Crippen molar-refractivity contribution in [3.63, 3.8) is 0 Å². The molecule has 18 heavy (non-hydrogen) atoms. The average Bonchev–Trinajstić information content (AvgIpc) is 2.83. The Balaban J connectivity index is 2.26. The van der Waals surface area contributed by atoms with Gasteiger partial charge in [0.2, 0.25) is 5.88 Å². The predicted octanol–water partition coefficient (Wildman–Crippen LogP) is 4.02. The molecule has 3 nitrogen and oxygen atoms in total. The first-order valence-corrected chi connectivity index (χ1v) is 6.54. The zero-order valence-corrected chi connectivity index (χ0v) is 11.1. The Kier molecular flexibility index (Phi) is 2.89. The van der Waals surface area contributed by atoms with Gasteiger partial charge in [-0.15, -0.1) is 11.3 Å². The summed E-state index contributed by atoms with van der Waals surface area (Å²) in [6, 6.07) is 11.5. The summed E-state index contributed by atoms with van der Waals surface area (Å²) in [7, 11) is 1.59. The number of para-hydroxylation sites is 2. The van der Waals surface area contributed by atoms with Crippen LogP contribution in [0.15, 0.2) is 36.4 Å². The third-order valence-corrected chi connectivity index (χ3v) is 3.78. The normalized spacial score (nSPS) is 10.8. The van der Waals surface area contributed by atoms with Gasteiger partial charge in [-0.1, -0.05) is 23.7 Å². The number of thiophene rings is 1. The van der Waals surface area contributed by atoms with Crippen molar-refractivity contribution in [1.29, 1.82) is 0 Å².